The van der Waals surface area contributed by atoms with Gasteiger partial charge in [0.05, 0.1) is 5.60 Å². The molecule has 0 heterocycles. The average molecular weight is 236 g/mol. The fourth-order valence-corrected chi connectivity index (χ4v) is 2.13. The van der Waals surface area contributed by atoms with Crippen molar-refractivity contribution in [2.45, 2.75) is 32.9 Å². The number of anilines is 1. The van der Waals surface area contributed by atoms with Gasteiger partial charge in [0.2, 0.25) is 0 Å². The van der Waals surface area contributed by atoms with Crippen molar-refractivity contribution in [1.29, 1.82) is 0 Å². The van der Waals surface area contributed by atoms with E-state index in [9.17, 15) is 5.11 Å². The molecule has 0 aromatic heterocycles. The monoisotopic (exact) mass is 236 g/mol. The molecule has 1 aromatic carbocycles. The van der Waals surface area contributed by atoms with Gasteiger partial charge in [0.25, 0.3) is 0 Å². The molecule has 96 valence electrons. The zero-order valence-electron chi connectivity index (χ0n) is 11.5. The number of hydrogen-bond acceptors (Lipinski definition) is 3. The van der Waals surface area contributed by atoms with E-state index in [2.05, 4.69) is 35.3 Å². The van der Waals surface area contributed by atoms with E-state index in [4.69, 9.17) is 0 Å². The molecule has 0 aliphatic heterocycles. The molecule has 0 radical (unpaired) electrons. The van der Waals surface area contributed by atoms with Gasteiger partial charge >= 0.3 is 0 Å². The Bertz CT molecular complexity index is 369. The second-order valence-electron chi connectivity index (χ2n) is 5.32. The van der Waals surface area contributed by atoms with Crippen LogP contribution in [0.1, 0.15) is 25.0 Å². The van der Waals surface area contributed by atoms with Crippen LogP contribution >= 0.6 is 0 Å². The summed E-state index contributed by atoms with van der Waals surface area (Å²) in [5.41, 5.74) is 3.02. The van der Waals surface area contributed by atoms with Crippen LogP contribution in [0.4, 0.5) is 5.69 Å². The molecule has 1 aromatic rings. The molecule has 0 bridgehead atoms. The minimum absolute atomic E-state index is 0.624. The maximum absolute atomic E-state index is 9.83. The number of benzene rings is 1. The molecule has 0 amide bonds. The Balaban J connectivity index is 2.84. The number of hydrogen-bond donors (Lipinski definition) is 2. The first-order valence-corrected chi connectivity index (χ1v) is 6.01. The lowest BCUT2D eigenvalue weighted by atomic mass is 10.1. The van der Waals surface area contributed by atoms with E-state index in [-0.39, 0.29) is 0 Å². The van der Waals surface area contributed by atoms with Gasteiger partial charge in [-0.15, -0.1) is 0 Å². The number of nitrogens with one attached hydrogen (secondary N) is 1. The highest BCUT2D eigenvalue weighted by Gasteiger charge is 2.16. The summed E-state index contributed by atoms with van der Waals surface area (Å²) in [6.07, 6.45) is 0. The largest absolute Gasteiger partial charge is 0.389 e. The second-order valence-corrected chi connectivity index (χ2v) is 5.32. The van der Waals surface area contributed by atoms with E-state index >= 15 is 0 Å². The van der Waals surface area contributed by atoms with Gasteiger partial charge in [0.1, 0.15) is 0 Å². The lowest BCUT2D eigenvalue weighted by Crippen LogP contribution is -2.36. The predicted molar refractivity (Wildman–Crippen MR) is 73.5 cm³/mol. The summed E-state index contributed by atoms with van der Waals surface area (Å²) < 4.78 is 0. The van der Waals surface area contributed by atoms with Gasteiger partial charge in [-0.1, -0.05) is 12.1 Å². The van der Waals surface area contributed by atoms with E-state index in [1.165, 1.54) is 16.8 Å². The number of aliphatic hydroxyl groups is 1. The highest BCUT2D eigenvalue weighted by atomic mass is 16.3. The van der Waals surface area contributed by atoms with Gasteiger partial charge in [-0.2, -0.15) is 0 Å². The molecule has 0 aliphatic carbocycles. The Kier molecular flexibility index (Phi) is 4.54. The Morgan fingerprint density at radius 3 is 2.47 bits per heavy atom. The lowest BCUT2D eigenvalue weighted by Gasteiger charge is -2.28. The molecule has 0 spiro atoms. The van der Waals surface area contributed by atoms with Crippen LogP contribution in [0.3, 0.4) is 0 Å². The SMILES string of the molecule is CNCc1ccc(N(C)CC(C)(C)O)c(C)c1. The number of nitrogens with zero attached hydrogens (tertiary/aromatic N) is 1. The van der Waals surface area contributed by atoms with Gasteiger partial charge in [-0.05, 0) is 45.0 Å². The predicted octanol–water partition coefficient (Wildman–Crippen LogP) is 1.92. The maximum atomic E-state index is 9.83. The zero-order chi connectivity index (χ0) is 13.1. The van der Waals surface area contributed by atoms with Gasteiger partial charge in [0, 0.05) is 25.8 Å². The van der Waals surface area contributed by atoms with Crippen molar-refractivity contribution in [3.05, 3.63) is 29.3 Å². The molecule has 0 aliphatic rings. The van der Waals surface area contributed by atoms with Crippen molar-refractivity contribution in [2.24, 2.45) is 0 Å². The number of rotatable bonds is 5. The number of likely N-dealkylation sites (N-methyl/N-ethyl adjacent to an activating group) is 1. The van der Waals surface area contributed by atoms with Crippen molar-refractivity contribution >= 4 is 5.69 Å². The van der Waals surface area contributed by atoms with Crippen LogP contribution in [0.25, 0.3) is 0 Å². The first-order valence-electron chi connectivity index (χ1n) is 6.01. The van der Waals surface area contributed by atoms with E-state index < -0.39 is 5.60 Å². The van der Waals surface area contributed by atoms with Crippen LogP contribution in [0, 0.1) is 6.92 Å². The third-order valence-electron chi connectivity index (χ3n) is 2.68. The van der Waals surface area contributed by atoms with Crippen LogP contribution in [0.15, 0.2) is 18.2 Å². The summed E-state index contributed by atoms with van der Waals surface area (Å²) in [6.45, 7) is 7.27. The first-order chi connectivity index (χ1) is 7.83. The van der Waals surface area contributed by atoms with Gasteiger partial charge in [0.15, 0.2) is 0 Å². The maximum Gasteiger partial charge on any atom is 0.0765 e. The fraction of sp³-hybridized carbons (Fsp3) is 0.571. The summed E-state index contributed by atoms with van der Waals surface area (Å²) >= 11 is 0. The van der Waals surface area contributed by atoms with Crippen molar-refractivity contribution in [3.8, 4) is 0 Å². The molecule has 3 heteroatoms. The number of aryl methyl sites for hydroxylation is 1. The van der Waals surface area contributed by atoms with E-state index in [1.807, 2.05) is 27.9 Å². The molecule has 3 nitrogen and oxygen atoms in total. The third-order valence-corrected chi connectivity index (χ3v) is 2.68. The Labute approximate surface area is 104 Å². The van der Waals surface area contributed by atoms with E-state index in [1.54, 1.807) is 0 Å². The van der Waals surface area contributed by atoms with Crippen LogP contribution < -0.4 is 10.2 Å². The summed E-state index contributed by atoms with van der Waals surface area (Å²) in [6, 6.07) is 6.43. The van der Waals surface area contributed by atoms with E-state index in [0.717, 1.165) is 6.54 Å². The second kappa shape index (κ2) is 5.52. The Morgan fingerprint density at radius 2 is 2.00 bits per heavy atom. The summed E-state index contributed by atoms with van der Waals surface area (Å²) in [5.74, 6) is 0. The minimum atomic E-state index is -0.676. The summed E-state index contributed by atoms with van der Waals surface area (Å²) in [5, 5.41) is 13.0. The standard InChI is InChI=1S/C14H24N2O/c1-11-8-12(9-15-4)6-7-13(11)16(5)10-14(2,3)17/h6-8,15,17H,9-10H2,1-5H3. The lowest BCUT2D eigenvalue weighted by molar-refractivity contribution is 0.0886. The zero-order valence-corrected chi connectivity index (χ0v) is 11.5. The van der Waals surface area contributed by atoms with Gasteiger partial charge in [-0.3, -0.25) is 0 Å². The van der Waals surface area contributed by atoms with Gasteiger partial charge < -0.3 is 15.3 Å². The van der Waals surface area contributed by atoms with Crippen LogP contribution in [0.2, 0.25) is 0 Å². The highest BCUT2D eigenvalue weighted by molar-refractivity contribution is 5.54. The van der Waals surface area contributed by atoms with Crippen molar-refractivity contribution < 1.29 is 5.11 Å². The quantitative estimate of drug-likeness (QED) is 0.820. The van der Waals surface area contributed by atoms with E-state index in [0.29, 0.717) is 6.54 Å². The topological polar surface area (TPSA) is 35.5 Å². The summed E-state index contributed by atoms with van der Waals surface area (Å²) in [4.78, 5) is 2.10. The molecule has 0 saturated heterocycles. The molecular weight excluding hydrogens is 212 g/mol. The molecule has 0 fully saturated rings. The van der Waals surface area contributed by atoms with Crippen molar-refractivity contribution in [2.75, 3.05) is 25.5 Å². The minimum Gasteiger partial charge on any atom is -0.389 e. The summed E-state index contributed by atoms with van der Waals surface area (Å²) in [7, 11) is 3.96. The average Bonchev–Trinajstić information content (AvgIpc) is 2.15. The van der Waals surface area contributed by atoms with Crippen LogP contribution in [-0.4, -0.2) is 31.3 Å². The normalized spacial score (nSPS) is 11.6. The first kappa shape index (κ1) is 14.0. The Morgan fingerprint density at radius 1 is 1.35 bits per heavy atom. The Hall–Kier alpha value is -1.06. The molecule has 2 N–H and O–H groups in total. The molecular formula is C14H24N2O. The van der Waals surface area contributed by atoms with Crippen LogP contribution in [0.5, 0.6) is 0 Å². The fourth-order valence-electron chi connectivity index (χ4n) is 2.13. The van der Waals surface area contributed by atoms with Crippen molar-refractivity contribution in [1.82, 2.24) is 5.32 Å². The molecule has 0 unspecified atom stereocenters. The third kappa shape index (κ3) is 4.36. The van der Waals surface area contributed by atoms with Crippen molar-refractivity contribution in [3.63, 3.8) is 0 Å². The molecule has 0 saturated carbocycles. The molecule has 17 heavy (non-hydrogen) atoms. The molecule has 0 atom stereocenters. The molecule has 1 rings (SSSR count). The van der Waals surface area contributed by atoms with Gasteiger partial charge in [-0.25, -0.2) is 0 Å². The smallest absolute Gasteiger partial charge is 0.0765 e. The highest BCUT2D eigenvalue weighted by Crippen LogP contribution is 2.21. The van der Waals surface area contributed by atoms with Crippen LogP contribution in [-0.2, 0) is 6.54 Å².